The number of amides is 1. The average Bonchev–Trinajstić information content (AvgIpc) is 2.91. The summed E-state index contributed by atoms with van der Waals surface area (Å²) >= 11 is 0. The highest BCUT2D eigenvalue weighted by Crippen LogP contribution is 2.25. The number of nitrogens with one attached hydrogen (secondary N) is 2. The molecule has 21 heavy (non-hydrogen) atoms. The zero-order valence-electron chi connectivity index (χ0n) is 11.8. The van der Waals surface area contributed by atoms with Crippen LogP contribution in [-0.2, 0) is 11.2 Å². The Morgan fingerprint density at radius 1 is 1.29 bits per heavy atom. The number of hydrogen-bond donors (Lipinski definition) is 2. The Labute approximate surface area is 123 Å². The van der Waals surface area contributed by atoms with Gasteiger partial charge in [-0.1, -0.05) is 30.3 Å². The fourth-order valence-corrected chi connectivity index (χ4v) is 2.63. The highest BCUT2D eigenvalue weighted by atomic mass is 19.1. The molecule has 1 heterocycles. The third-order valence-electron chi connectivity index (χ3n) is 3.80. The van der Waals surface area contributed by atoms with E-state index in [0.29, 0.717) is 6.42 Å². The maximum Gasteiger partial charge on any atom is 0.243 e. The molecular weight excluding hydrogens is 267 g/mol. The van der Waals surface area contributed by atoms with E-state index in [2.05, 4.69) is 10.6 Å². The van der Waals surface area contributed by atoms with Crippen LogP contribution in [0.1, 0.15) is 24.1 Å². The lowest BCUT2D eigenvalue weighted by molar-refractivity contribution is -0.122. The molecule has 0 saturated heterocycles. The molecule has 0 saturated carbocycles. The number of para-hydroxylation sites is 1. The van der Waals surface area contributed by atoms with Crippen LogP contribution in [0, 0.1) is 5.82 Å². The number of rotatable bonds is 3. The zero-order chi connectivity index (χ0) is 14.8. The number of hydrogen-bond acceptors (Lipinski definition) is 2. The topological polar surface area (TPSA) is 41.1 Å². The predicted molar refractivity (Wildman–Crippen MR) is 80.5 cm³/mol. The van der Waals surface area contributed by atoms with Crippen molar-refractivity contribution < 1.29 is 9.18 Å². The molecule has 1 amide bonds. The number of fused-ring (bicyclic) bond motifs is 1. The summed E-state index contributed by atoms with van der Waals surface area (Å²) in [4.78, 5) is 12.3. The Balaban J connectivity index is 1.65. The second kappa shape index (κ2) is 5.56. The van der Waals surface area contributed by atoms with E-state index in [1.807, 2.05) is 37.3 Å². The van der Waals surface area contributed by atoms with Crippen LogP contribution in [0.15, 0.2) is 48.5 Å². The SMILES string of the molecule is C[C@H](NC(=O)C1Cc2ccccc2N1)c1cccc(F)c1. The number of benzene rings is 2. The van der Waals surface area contributed by atoms with Gasteiger partial charge in [0.2, 0.25) is 5.91 Å². The first-order valence-corrected chi connectivity index (χ1v) is 7.04. The normalized spacial score (nSPS) is 17.7. The first-order chi connectivity index (χ1) is 10.1. The molecule has 3 rings (SSSR count). The average molecular weight is 284 g/mol. The van der Waals surface area contributed by atoms with E-state index in [4.69, 9.17) is 0 Å². The molecule has 4 heteroatoms. The molecule has 1 aliphatic heterocycles. The van der Waals surface area contributed by atoms with Gasteiger partial charge in [-0.25, -0.2) is 4.39 Å². The molecule has 0 radical (unpaired) electrons. The minimum Gasteiger partial charge on any atom is -0.373 e. The summed E-state index contributed by atoms with van der Waals surface area (Å²) in [6.45, 7) is 1.86. The molecule has 2 aromatic carbocycles. The molecule has 0 aromatic heterocycles. The van der Waals surface area contributed by atoms with Crippen molar-refractivity contribution in [3.8, 4) is 0 Å². The van der Waals surface area contributed by atoms with Gasteiger partial charge >= 0.3 is 0 Å². The minimum absolute atomic E-state index is 0.0667. The van der Waals surface area contributed by atoms with E-state index in [1.165, 1.54) is 12.1 Å². The smallest absolute Gasteiger partial charge is 0.243 e. The monoisotopic (exact) mass is 284 g/mol. The summed E-state index contributed by atoms with van der Waals surface area (Å²) < 4.78 is 13.2. The second-order valence-electron chi connectivity index (χ2n) is 5.34. The lowest BCUT2D eigenvalue weighted by Gasteiger charge is -2.18. The van der Waals surface area contributed by atoms with Crippen LogP contribution in [-0.4, -0.2) is 11.9 Å². The van der Waals surface area contributed by atoms with Gasteiger partial charge in [0.15, 0.2) is 0 Å². The van der Waals surface area contributed by atoms with E-state index in [-0.39, 0.29) is 23.8 Å². The van der Waals surface area contributed by atoms with Crippen molar-refractivity contribution in [3.05, 3.63) is 65.5 Å². The fourth-order valence-electron chi connectivity index (χ4n) is 2.63. The quantitative estimate of drug-likeness (QED) is 0.909. The largest absolute Gasteiger partial charge is 0.373 e. The minimum atomic E-state index is -0.292. The van der Waals surface area contributed by atoms with Crippen molar-refractivity contribution in [2.45, 2.75) is 25.4 Å². The molecule has 2 N–H and O–H groups in total. The van der Waals surface area contributed by atoms with Gasteiger partial charge in [-0.05, 0) is 36.2 Å². The molecular formula is C17H17FN2O. The standard InChI is InChI=1S/C17H17FN2O/c1-11(12-6-4-7-14(18)9-12)19-17(21)16-10-13-5-2-3-8-15(13)20-16/h2-9,11,16,20H,10H2,1H3,(H,19,21)/t11-,16?/m0/s1. The second-order valence-corrected chi connectivity index (χ2v) is 5.34. The fraction of sp³-hybridized carbons (Fsp3) is 0.235. The Morgan fingerprint density at radius 2 is 2.10 bits per heavy atom. The maximum atomic E-state index is 13.2. The van der Waals surface area contributed by atoms with Gasteiger partial charge in [0.25, 0.3) is 0 Å². The summed E-state index contributed by atoms with van der Waals surface area (Å²) in [5.74, 6) is -0.358. The highest BCUT2D eigenvalue weighted by Gasteiger charge is 2.27. The van der Waals surface area contributed by atoms with Crippen LogP contribution in [0.3, 0.4) is 0 Å². The first-order valence-electron chi connectivity index (χ1n) is 7.04. The Bertz CT molecular complexity index is 646. The van der Waals surface area contributed by atoms with E-state index < -0.39 is 0 Å². The summed E-state index contributed by atoms with van der Waals surface area (Å²) in [6.07, 6.45) is 0.678. The van der Waals surface area contributed by atoms with Crippen LogP contribution in [0.5, 0.6) is 0 Å². The molecule has 1 unspecified atom stereocenters. The van der Waals surface area contributed by atoms with Crippen molar-refractivity contribution in [3.63, 3.8) is 0 Å². The van der Waals surface area contributed by atoms with Crippen LogP contribution >= 0.6 is 0 Å². The molecule has 2 aromatic rings. The molecule has 108 valence electrons. The van der Waals surface area contributed by atoms with Gasteiger partial charge in [-0.2, -0.15) is 0 Å². The summed E-state index contributed by atoms with van der Waals surface area (Å²) in [6, 6.07) is 13.7. The van der Waals surface area contributed by atoms with Gasteiger partial charge in [-0.3, -0.25) is 4.79 Å². The lowest BCUT2D eigenvalue weighted by atomic mass is 10.1. The van der Waals surface area contributed by atoms with Crippen LogP contribution in [0.2, 0.25) is 0 Å². The van der Waals surface area contributed by atoms with E-state index in [9.17, 15) is 9.18 Å². The Kier molecular flexibility index (Phi) is 3.60. The number of anilines is 1. The molecule has 0 spiro atoms. The van der Waals surface area contributed by atoms with Crippen LogP contribution in [0.4, 0.5) is 10.1 Å². The molecule has 1 aliphatic rings. The molecule has 0 bridgehead atoms. The molecule has 3 nitrogen and oxygen atoms in total. The molecule has 0 aliphatic carbocycles. The van der Waals surface area contributed by atoms with Crippen molar-refractivity contribution in [1.29, 1.82) is 0 Å². The van der Waals surface area contributed by atoms with Crippen molar-refractivity contribution in [1.82, 2.24) is 5.32 Å². The highest BCUT2D eigenvalue weighted by molar-refractivity contribution is 5.87. The zero-order valence-corrected chi connectivity index (χ0v) is 11.8. The lowest BCUT2D eigenvalue weighted by Crippen LogP contribution is -2.39. The van der Waals surface area contributed by atoms with E-state index in [1.54, 1.807) is 6.07 Å². The first kappa shape index (κ1) is 13.6. The summed E-state index contributed by atoms with van der Waals surface area (Å²) in [5.41, 5.74) is 2.92. The van der Waals surface area contributed by atoms with Crippen molar-refractivity contribution in [2.75, 3.05) is 5.32 Å². The van der Waals surface area contributed by atoms with Gasteiger partial charge < -0.3 is 10.6 Å². The number of carbonyl (C=O) groups is 1. The Morgan fingerprint density at radius 3 is 2.86 bits per heavy atom. The number of halogens is 1. The summed E-state index contributed by atoms with van der Waals surface area (Å²) in [7, 11) is 0. The maximum absolute atomic E-state index is 13.2. The third-order valence-corrected chi connectivity index (χ3v) is 3.80. The van der Waals surface area contributed by atoms with E-state index >= 15 is 0 Å². The van der Waals surface area contributed by atoms with Gasteiger partial charge in [0.1, 0.15) is 11.9 Å². The van der Waals surface area contributed by atoms with Crippen LogP contribution in [0.25, 0.3) is 0 Å². The van der Waals surface area contributed by atoms with Crippen molar-refractivity contribution in [2.24, 2.45) is 0 Å². The molecule has 0 fully saturated rings. The molecule has 2 atom stereocenters. The Hall–Kier alpha value is -2.36. The summed E-state index contributed by atoms with van der Waals surface area (Å²) in [5, 5.41) is 6.15. The van der Waals surface area contributed by atoms with Gasteiger partial charge in [0.05, 0.1) is 6.04 Å². The van der Waals surface area contributed by atoms with Crippen LogP contribution < -0.4 is 10.6 Å². The number of carbonyl (C=O) groups excluding carboxylic acids is 1. The van der Waals surface area contributed by atoms with Gasteiger partial charge in [-0.15, -0.1) is 0 Å². The van der Waals surface area contributed by atoms with Gasteiger partial charge in [0, 0.05) is 12.1 Å². The van der Waals surface area contributed by atoms with E-state index in [0.717, 1.165) is 16.8 Å². The third kappa shape index (κ3) is 2.89. The predicted octanol–water partition coefficient (Wildman–Crippen LogP) is 3.04. The van der Waals surface area contributed by atoms with Crippen molar-refractivity contribution >= 4 is 11.6 Å².